The Morgan fingerprint density at radius 2 is 1.86 bits per heavy atom. The van der Waals surface area contributed by atoms with Gasteiger partial charge in [0, 0.05) is 24.8 Å². The summed E-state index contributed by atoms with van der Waals surface area (Å²) >= 11 is 0. The highest BCUT2D eigenvalue weighted by molar-refractivity contribution is 5.93. The van der Waals surface area contributed by atoms with Gasteiger partial charge in [-0.25, -0.2) is 0 Å². The zero-order valence-electron chi connectivity index (χ0n) is 17.0. The van der Waals surface area contributed by atoms with Gasteiger partial charge in [-0.1, -0.05) is 24.3 Å². The molecular formula is C23H25N3O3. The average Bonchev–Trinajstić information content (AvgIpc) is 3.29. The molecule has 0 spiro atoms. The van der Waals surface area contributed by atoms with E-state index < -0.39 is 0 Å². The van der Waals surface area contributed by atoms with Crippen molar-refractivity contribution in [3.63, 3.8) is 0 Å². The first-order valence-corrected chi connectivity index (χ1v) is 9.76. The van der Waals surface area contributed by atoms with E-state index in [1.807, 2.05) is 79.0 Å². The summed E-state index contributed by atoms with van der Waals surface area (Å²) in [6.45, 7) is 4.75. The van der Waals surface area contributed by atoms with Gasteiger partial charge in [-0.15, -0.1) is 0 Å². The third kappa shape index (κ3) is 3.97. The molecule has 4 rings (SSSR count). The summed E-state index contributed by atoms with van der Waals surface area (Å²) in [4.78, 5) is 15.1. The van der Waals surface area contributed by atoms with Crippen LogP contribution >= 0.6 is 0 Å². The van der Waals surface area contributed by atoms with Gasteiger partial charge in [0.1, 0.15) is 0 Å². The Labute approximate surface area is 170 Å². The van der Waals surface area contributed by atoms with Crippen LogP contribution in [0.3, 0.4) is 0 Å². The second-order valence-electron chi connectivity index (χ2n) is 7.28. The highest BCUT2D eigenvalue weighted by atomic mass is 16.7. The van der Waals surface area contributed by atoms with Gasteiger partial charge in [-0.2, -0.15) is 5.10 Å². The number of hydrogen-bond acceptors (Lipinski definition) is 4. The molecule has 6 heteroatoms. The molecule has 0 atom stereocenters. The van der Waals surface area contributed by atoms with Crippen molar-refractivity contribution >= 4 is 11.6 Å². The van der Waals surface area contributed by atoms with Crippen LogP contribution in [-0.2, 0) is 24.8 Å². The molecule has 150 valence electrons. The fourth-order valence-corrected chi connectivity index (χ4v) is 3.70. The van der Waals surface area contributed by atoms with Gasteiger partial charge in [0.05, 0.1) is 12.2 Å². The Morgan fingerprint density at radius 1 is 1.10 bits per heavy atom. The van der Waals surface area contributed by atoms with E-state index >= 15 is 0 Å². The van der Waals surface area contributed by atoms with Crippen LogP contribution in [0.15, 0.2) is 48.5 Å². The molecule has 1 amide bonds. The Balaban J connectivity index is 1.55. The monoisotopic (exact) mass is 391 g/mol. The number of fused-ring (bicyclic) bond motifs is 1. The van der Waals surface area contributed by atoms with Crippen molar-refractivity contribution in [2.75, 3.05) is 11.7 Å². The number of benzene rings is 2. The van der Waals surface area contributed by atoms with E-state index in [0.29, 0.717) is 19.4 Å². The molecule has 1 aliphatic rings. The number of anilines is 1. The first-order valence-electron chi connectivity index (χ1n) is 9.76. The number of carbonyl (C=O) groups is 1. The van der Waals surface area contributed by atoms with Gasteiger partial charge in [0.15, 0.2) is 11.5 Å². The number of carbonyl (C=O) groups excluding carboxylic acids is 1. The van der Waals surface area contributed by atoms with Crippen molar-refractivity contribution in [2.24, 2.45) is 7.05 Å². The SMILES string of the molecule is Cc1nn(C)c(C)c1CCC(=O)N(Cc1ccc2c(c1)OCO2)c1ccccc1. The first-order chi connectivity index (χ1) is 14.0. The van der Waals surface area contributed by atoms with Gasteiger partial charge < -0.3 is 14.4 Å². The number of ether oxygens (including phenoxy) is 2. The van der Waals surface area contributed by atoms with E-state index in [1.165, 1.54) is 0 Å². The maximum atomic E-state index is 13.2. The van der Waals surface area contributed by atoms with E-state index in [1.54, 1.807) is 0 Å². The fourth-order valence-electron chi connectivity index (χ4n) is 3.70. The Hall–Kier alpha value is -3.28. The molecule has 0 radical (unpaired) electrons. The van der Waals surface area contributed by atoms with Crippen molar-refractivity contribution in [3.8, 4) is 11.5 Å². The van der Waals surface area contributed by atoms with Gasteiger partial charge in [0.25, 0.3) is 0 Å². The molecule has 0 N–H and O–H groups in total. The van der Waals surface area contributed by atoms with Crippen LogP contribution in [0, 0.1) is 13.8 Å². The lowest BCUT2D eigenvalue weighted by atomic mass is 10.1. The quantitative estimate of drug-likeness (QED) is 0.639. The predicted octanol–water partition coefficient (Wildman–Crippen LogP) is 3.93. The number of aromatic nitrogens is 2. The first kappa shape index (κ1) is 19.1. The van der Waals surface area contributed by atoms with E-state index in [9.17, 15) is 4.79 Å². The van der Waals surface area contributed by atoms with Crippen LogP contribution in [0.5, 0.6) is 11.5 Å². The van der Waals surface area contributed by atoms with E-state index in [0.717, 1.165) is 39.7 Å². The average molecular weight is 391 g/mol. The molecule has 0 aliphatic carbocycles. The summed E-state index contributed by atoms with van der Waals surface area (Å²) in [7, 11) is 1.93. The Morgan fingerprint density at radius 3 is 2.59 bits per heavy atom. The van der Waals surface area contributed by atoms with Crippen LogP contribution in [0.25, 0.3) is 0 Å². The number of amides is 1. The normalized spacial score (nSPS) is 12.2. The number of aryl methyl sites for hydroxylation is 2. The van der Waals surface area contributed by atoms with Crippen molar-refractivity contribution in [2.45, 2.75) is 33.2 Å². The summed E-state index contributed by atoms with van der Waals surface area (Å²) in [5, 5.41) is 4.46. The molecule has 0 fully saturated rings. The molecule has 1 aromatic heterocycles. The lowest BCUT2D eigenvalue weighted by molar-refractivity contribution is -0.118. The minimum Gasteiger partial charge on any atom is -0.454 e. The third-order valence-electron chi connectivity index (χ3n) is 5.39. The maximum absolute atomic E-state index is 13.2. The molecule has 0 unspecified atom stereocenters. The van der Waals surface area contributed by atoms with E-state index in [4.69, 9.17) is 9.47 Å². The zero-order chi connectivity index (χ0) is 20.4. The van der Waals surface area contributed by atoms with Crippen LogP contribution in [0.1, 0.15) is 28.9 Å². The fraction of sp³-hybridized carbons (Fsp3) is 0.304. The molecule has 6 nitrogen and oxygen atoms in total. The summed E-state index contributed by atoms with van der Waals surface area (Å²) < 4.78 is 12.7. The van der Waals surface area contributed by atoms with Crippen molar-refractivity contribution in [1.29, 1.82) is 0 Å². The van der Waals surface area contributed by atoms with Crippen molar-refractivity contribution in [3.05, 3.63) is 71.0 Å². The topological polar surface area (TPSA) is 56.6 Å². The minimum absolute atomic E-state index is 0.0801. The summed E-state index contributed by atoms with van der Waals surface area (Å²) in [5.74, 6) is 1.55. The minimum atomic E-state index is 0.0801. The number of nitrogens with zero attached hydrogens (tertiary/aromatic N) is 3. The smallest absolute Gasteiger partial charge is 0.231 e. The molecule has 0 saturated carbocycles. The molecule has 0 saturated heterocycles. The number of para-hydroxylation sites is 1. The van der Waals surface area contributed by atoms with Crippen molar-refractivity contribution < 1.29 is 14.3 Å². The Bertz CT molecular complexity index is 1030. The van der Waals surface area contributed by atoms with Crippen molar-refractivity contribution in [1.82, 2.24) is 9.78 Å². The molecule has 1 aliphatic heterocycles. The second kappa shape index (κ2) is 7.99. The standard InChI is InChI=1S/C23H25N3O3/c1-16-20(17(2)25(3)24-16)10-12-23(27)26(19-7-5-4-6-8-19)14-18-9-11-21-22(13-18)29-15-28-21/h4-9,11,13H,10,12,14-15H2,1-3H3. The van der Waals surface area contributed by atoms with Crippen LogP contribution in [-0.4, -0.2) is 22.5 Å². The molecule has 0 bridgehead atoms. The van der Waals surface area contributed by atoms with E-state index in [2.05, 4.69) is 5.10 Å². The van der Waals surface area contributed by atoms with Gasteiger partial charge in [-0.3, -0.25) is 9.48 Å². The van der Waals surface area contributed by atoms with Crippen LogP contribution in [0.2, 0.25) is 0 Å². The lowest BCUT2D eigenvalue weighted by Gasteiger charge is -2.23. The van der Waals surface area contributed by atoms with Crippen LogP contribution < -0.4 is 14.4 Å². The van der Waals surface area contributed by atoms with Crippen LogP contribution in [0.4, 0.5) is 5.69 Å². The molecular weight excluding hydrogens is 366 g/mol. The highest BCUT2D eigenvalue weighted by Crippen LogP contribution is 2.33. The predicted molar refractivity (Wildman–Crippen MR) is 111 cm³/mol. The second-order valence-corrected chi connectivity index (χ2v) is 7.28. The number of hydrogen-bond donors (Lipinski definition) is 0. The largest absolute Gasteiger partial charge is 0.454 e. The summed E-state index contributed by atoms with van der Waals surface area (Å²) in [5.41, 5.74) is 5.13. The molecule has 3 aromatic rings. The molecule has 29 heavy (non-hydrogen) atoms. The van der Waals surface area contributed by atoms with E-state index in [-0.39, 0.29) is 12.7 Å². The molecule has 2 aromatic carbocycles. The highest BCUT2D eigenvalue weighted by Gasteiger charge is 2.20. The number of rotatable bonds is 6. The van der Waals surface area contributed by atoms with Gasteiger partial charge >= 0.3 is 0 Å². The zero-order valence-corrected chi connectivity index (χ0v) is 17.0. The third-order valence-corrected chi connectivity index (χ3v) is 5.39. The molecule has 2 heterocycles. The van der Waals surface area contributed by atoms with Gasteiger partial charge in [0.2, 0.25) is 12.7 Å². The summed E-state index contributed by atoms with van der Waals surface area (Å²) in [6, 6.07) is 15.6. The Kier molecular flexibility index (Phi) is 5.25. The lowest BCUT2D eigenvalue weighted by Crippen LogP contribution is -2.30. The summed E-state index contributed by atoms with van der Waals surface area (Å²) in [6.07, 6.45) is 1.10. The van der Waals surface area contributed by atoms with Gasteiger partial charge in [-0.05, 0) is 55.7 Å². The maximum Gasteiger partial charge on any atom is 0.231 e.